The zero-order valence-electron chi connectivity index (χ0n) is 9.60. The van der Waals surface area contributed by atoms with Crippen LogP contribution >= 0.6 is 0 Å². The van der Waals surface area contributed by atoms with Crippen LogP contribution in [-0.4, -0.2) is 14.9 Å². The molecule has 5 heteroatoms. The molecular formula is C11H16N4O. The molecule has 0 amide bonds. The molecule has 0 saturated heterocycles. The molecule has 0 aliphatic heterocycles. The van der Waals surface area contributed by atoms with Gasteiger partial charge in [-0.2, -0.15) is 5.10 Å². The van der Waals surface area contributed by atoms with Crippen LogP contribution in [0.4, 0.5) is 0 Å². The normalized spacial score (nSPS) is 10.9. The summed E-state index contributed by atoms with van der Waals surface area (Å²) in [7, 11) is 1.91. The van der Waals surface area contributed by atoms with Gasteiger partial charge in [-0.1, -0.05) is 12.1 Å². The van der Waals surface area contributed by atoms with E-state index >= 15 is 0 Å². The van der Waals surface area contributed by atoms with Crippen molar-refractivity contribution in [3.63, 3.8) is 0 Å². The topological polar surface area (TPSA) is 55.9 Å². The van der Waals surface area contributed by atoms with Gasteiger partial charge in [0.2, 0.25) is 0 Å². The molecule has 5 nitrogen and oxygen atoms in total. The minimum atomic E-state index is 0.684. The Bertz CT molecular complexity index is 446. The van der Waals surface area contributed by atoms with E-state index < -0.39 is 0 Å². The summed E-state index contributed by atoms with van der Waals surface area (Å²) in [5, 5.41) is 11.5. The Kier molecular flexibility index (Phi) is 3.36. The molecule has 2 rings (SSSR count). The van der Waals surface area contributed by atoms with E-state index in [1.165, 1.54) is 0 Å². The molecule has 0 unspecified atom stereocenters. The largest absolute Gasteiger partial charge is 0.360 e. The third-order valence-electron chi connectivity index (χ3n) is 2.34. The lowest BCUT2D eigenvalue weighted by molar-refractivity contribution is 0.367. The summed E-state index contributed by atoms with van der Waals surface area (Å²) in [5.41, 5.74) is 2.02. The van der Waals surface area contributed by atoms with Crippen LogP contribution in [0.2, 0.25) is 0 Å². The van der Waals surface area contributed by atoms with E-state index in [1.54, 1.807) is 4.68 Å². The van der Waals surface area contributed by atoms with Gasteiger partial charge in [-0.15, -0.1) is 0 Å². The van der Waals surface area contributed by atoms with E-state index in [-0.39, 0.29) is 0 Å². The Morgan fingerprint density at radius 2 is 2.25 bits per heavy atom. The number of aromatic nitrogens is 3. The molecule has 2 aromatic rings. The van der Waals surface area contributed by atoms with Crippen molar-refractivity contribution >= 4 is 0 Å². The summed E-state index contributed by atoms with van der Waals surface area (Å²) in [6.45, 7) is 3.48. The van der Waals surface area contributed by atoms with Crippen LogP contribution < -0.4 is 5.32 Å². The molecule has 0 atom stereocenters. The fraction of sp³-hybridized carbons (Fsp3) is 0.455. The first-order chi connectivity index (χ1) is 7.78. The molecule has 0 radical (unpaired) electrons. The van der Waals surface area contributed by atoms with Crippen molar-refractivity contribution in [1.29, 1.82) is 0 Å². The summed E-state index contributed by atoms with van der Waals surface area (Å²) in [5.74, 6) is 0.868. The smallest absolute Gasteiger partial charge is 0.150 e. The molecule has 16 heavy (non-hydrogen) atoms. The molecule has 0 spiro atoms. The van der Waals surface area contributed by atoms with Crippen LogP contribution in [0.15, 0.2) is 22.9 Å². The maximum Gasteiger partial charge on any atom is 0.150 e. The standard InChI is InChI=1S/C11H16N4O/c1-3-9-6-11(16-14-9)8-12-7-10-4-5-15(2)13-10/h4-6,12H,3,7-8H2,1-2H3. The molecule has 2 aromatic heterocycles. The predicted octanol–water partition coefficient (Wildman–Crippen LogP) is 1.26. The van der Waals surface area contributed by atoms with Crippen molar-refractivity contribution in [2.75, 3.05) is 0 Å². The predicted molar refractivity (Wildman–Crippen MR) is 59.6 cm³/mol. The molecule has 2 heterocycles. The van der Waals surface area contributed by atoms with Crippen LogP contribution in [0.1, 0.15) is 24.1 Å². The summed E-state index contributed by atoms with van der Waals surface area (Å²) in [6.07, 6.45) is 2.84. The number of nitrogens with zero attached hydrogens (tertiary/aromatic N) is 3. The van der Waals surface area contributed by atoms with Crippen molar-refractivity contribution in [2.24, 2.45) is 7.05 Å². The highest BCUT2D eigenvalue weighted by molar-refractivity contribution is 5.05. The van der Waals surface area contributed by atoms with Gasteiger partial charge in [-0.05, 0) is 12.5 Å². The lowest BCUT2D eigenvalue weighted by Crippen LogP contribution is -2.12. The second-order valence-corrected chi connectivity index (χ2v) is 3.72. The van der Waals surface area contributed by atoms with Gasteiger partial charge >= 0.3 is 0 Å². The molecule has 0 saturated carbocycles. The van der Waals surface area contributed by atoms with Gasteiger partial charge in [0.1, 0.15) is 0 Å². The van der Waals surface area contributed by atoms with E-state index in [2.05, 4.69) is 22.5 Å². The van der Waals surface area contributed by atoms with Crippen LogP contribution in [-0.2, 0) is 26.6 Å². The number of rotatable bonds is 5. The third-order valence-corrected chi connectivity index (χ3v) is 2.34. The van der Waals surface area contributed by atoms with Crippen LogP contribution in [0.3, 0.4) is 0 Å². The Morgan fingerprint density at radius 1 is 1.38 bits per heavy atom. The molecule has 1 N–H and O–H groups in total. The average molecular weight is 220 g/mol. The second-order valence-electron chi connectivity index (χ2n) is 3.72. The average Bonchev–Trinajstić information content (AvgIpc) is 2.88. The van der Waals surface area contributed by atoms with Crippen LogP contribution in [0, 0.1) is 0 Å². The number of aryl methyl sites for hydroxylation is 2. The van der Waals surface area contributed by atoms with E-state index in [4.69, 9.17) is 4.52 Å². The SMILES string of the molecule is CCc1cc(CNCc2ccn(C)n2)on1. The van der Waals surface area contributed by atoms with Gasteiger partial charge in [-0.25, -0.2) is 0 Å². The number of hydrogen-bond donors (Lipinski definition) is 1. The molecule has 0 aromatic carbocycles. The third kappa shape index (κ3) is 2.70. The van der Waals surface area contributed by atoms with Crippen molar-refractivity contribution < 1.29 is 4.52 Å². The van der Waals surface area contributed by atoms with E-state index in [0.717, 1.165) is 30.1 Å². The van der Waals surface area contributed by atoms with Crippen molar-refractivity contribution in [3.05, 3.63) is 35.5 Å². The Labute approximate surface area is 94.4 Å². The molecule has 0 fully saturated rings. The minimum absolute atomic E-state index is 0.684. The van der Waals surface area contributed by atoms with Gasteiger partial charge in [0.25, 0.3) is 0 Å². The zero-order chi connectivity index (χ0) is 11.4. The first kappa shape index (κ1) is 10.9. The molecular weight excluding hydrogens is 204 g/mol. The lowest BCUT2D eigenvalue weighted by Gasteiger charge is -1.98. The van der Waals surface area contributed by atoms with Crippen LogP contribution in [0.25, 0.3) is 0 Å². The molecule has 0 bridgehead atoms. The van der Waals surface area contributed by atoms with E-state index in [9.17, 15) is 0 Å². The Hall–Kier alpha value is -1.62. The number of nitrogens with one attached hydrogen (secondary N) is 1. The summed E-state index contributed by atoms with van der Waals surface area (Å²) >= 11 is 0. The lowest BCUT2D eigenvalue weighted by atomic mass is 10.3. The van der Waals surface area contributed by atoms with Gasteiger partial charge in [0.15, 0.2) is 5.76 Å². The summed E-state index contributed by atoms with van der Waals surface area (Å²) < 4.78 is 6.95. The highest BCUT2D eigenvalue weighted by Gasteiger charge is 2.02. The fourth-order valence-corrected chi connectivity index (χ4v) is 1.48. The summed E-state index contributed by atoms with van der Waals surface area (Å²) in [4.78, 5) is 0. The highest BCUT2D eigenvalue weighted by atomic mass is 16.5. The van der Waals surface area contributed by atoms with Gasteiger partial charge < -0.3 is 9.84 Å². The van der Waals surface area contributed by atoms with Crippen LogP contribution in [0.5, 0.6) is 0 Å². The van der Waals surface area contributed by atoms with Gasteiger partial charge in [-0.3, -0.25) is 4.68 Å². The Morgan fingerprint density at radius 3 is 2.88 bits per heavy atom. The van der Waals surface area contributed by atoms with E-state index in [1.807, 2.05) is 25.4 Å². The van der Waals surface area contributed by atoms with Crippen molar-refractivity contribution in [2.45, 2.75) is 26.4 Å². The fourth-order valence-electron chi connectivity index (χ4n) is 1.48. The maximum atomic E-state index is 5.16. The molecule has 86 valence electrons. The molecule has 0 aliphatic carbocycles. The Balaban J connectivity index is 1.79. The highest BCUT2D eigenvalue weighted by Crippen LogP contribution is 2.04. The monoisotopic (exact) mass is 220 g/mol. The number of hydrogen-bond acceptors (Lipinski definition) is 4. The maximum absolute atomic E-state index is 5.16. The van der Waals surface area contributed by atoms with E-state index in [0.29, 0.717) is 6.54 Å². The first-order valence-electron chi connectivity index (χ1n) is 5.41. The van der Waals surface area contributed by atoms with Gasteiger partial charge in [0.05, 0.1) is 17.9 Å². The summed E-state index contributed by atoms with van der Waals surface area (Å²) in [6, 6.07) is 3.97. The van der Waals surface area contributed by atoms with Crippen molar-refractivity contribution in [1.82, 2.24) is 20.3 Å². The second kappa shape index (κ2) is 4.94. The first-order valence-corrected chi connectivity index (χ1v) is 5.41. The molecule has 0 aliphatic rings. The van der Waals surface area contributed by atoms with Gasteiger partial charge in [0, 0.05) is 25.9 Å². The quantitative estimate of drug-likeness (QED) is 0.824. The van der Waals surface area contributed by atoms with Crippen molar-refractivity contribution in [3.8, 4) is 0 Å². The zero-order valence-corrected chi connectivity index (χ0v) is 9.60. The minimum Gasteiger partial charge on any atom is -0.360 e.